The maximum Gasteiger partial charge on any atom is 0.301 e. The Bertz CT molecular complexity index is 1680. The summed E-state index contributed by atoms with van der Waals surface area (Å²) >= 11 is 8.62. The fraction of sp³-hybridized carbons (Fsp3) is 0.143. The lowest BCUT2D eigenvalue weighted by Gasteiger charge is -2.23. The zero-order valence-corrected chi connectivity index (χ0v) is 22.9. The van der Waals surface area contributed by atoms with E-state index in [1.807, 2.05) is 0 Å². The van der Waals surface area contributed by atoms with Crippen LogP contribution >= 0.6 is 34.7 Å². The van der Waals surface area contributed by atoms with Gasteiger partial charge in [0.15, 0.2) is 15.8 Å². The Morgan fingerprint density at radius 2 is 1.85 bits per heavy atom. The molecule has 0 spiro atoms. The van der Waals surface area contributed by atoms with Crippen molar-refractivity contribution in [3.8, 4) is 11.5 Å². The quantitative estimate of drug-likeness (QED) is 0.0949. The van der Waals surface area contributed by atoms with Gasteiger partial charge in [0.25, 0.3) is 5.78 Å². The summed E-state index contributed by atoms with van der Waals surface area (Å²) in [5, 5.41) is 20.3. The first-order valence-corrected chi connectivity index (χ1v) is 14.2. The van der Waals surface area contributed by atoms with Crippen molar-refractivity contribution >= 4 is 57.3 Å². The SMILES string of the molecule is O=C1C(=O)N(c2nnc(SCc3ccccc3F)s2)[C@@H](c2cccc(Cl)c2)C1=C(O)c1ccc2c(c1)OCCO2. The molecule has 2 aliphatic rings. The van der Waals surface area contributed by atoms with Gasteiger partial charge >= 0.3 is 5.91 Å². The molecule has 3 aromatic carbocycles. The highest BCUT2D eigenvalue weighted by Gasteiger charge is 2.48. The molecule has 0 bridgehead atoms. The number of benzene rings is 3. The van der Waals surface area contributed by atoms with Gasteiger partial charge in [-0.15, -0.1) is 10.2 Å². The van der Waals surface area contributed by atoms with E-state index in [0.29, 0.717) is 51.0 Å². The highest BCUT2D eigenvalue weighted by atomic mass is 35.5. The number of fused-ring (bicyclic) bond motifs is 1. The second kappa shape index (κ2) is 10.9. The smallest absolute Gasteiger partial charge is 0.301 e. The first kappa shape index (κ1) is 26.3. The lowest BCUT2D eigenvalue weighted by Crippen LogP contribution is -2.29. The zero-order valence-electron chi connectivity index (χ0n) is 20.5. The lowest BCUT2D eigenvalue weighted by atomic mass is 9.95. The van der Waals surface area contributed by atoms with Crippen LogP contribution in [0.4, 0.5) is 9.52 Å². The second-order valence-corrected chi connectivity index (χ2v) is 11.4. The fourth-order valence-electron chi connectivity index (χ4n) is 4.48. The molecule has 1 aromatic heterocycles. The Morgan fingerprint density at radius 1 is 1.05 bits per heavy atom. The van der Waals surface area contributed by atoms with E-state index < -0.39 is 17.7 Å². The summed E-state index contributed by atoms with van der Waals surface area (Å²) < 4.78 is 25.7. The average molecular weight is 596 g/mol. The number of ether oxygens (including phenoxy) is 2. The van der Waals surface area contributed by atoms with Crippen molar-refractivity contribution < 1.29 is 28.6 Å². The van der Waals surface area contributed by atoms with Crippen molar-refractivity contribution in [3.05, 3.63) is 99.8 Å². The van der Waals surface area contributed by atoms with Gasteiger partial charge in [-0.25, -0.2) is 4.39 Å². The van der Waals surface area contributed by atoms with Crippen LogP contribution in [0.25, 0.3) is 5.76 Å². The van der Waals surface area contributed by atoms with Crippen LogP contribution < -0.4 is 14.4 Å². The van der Waals surface area contributed by atoms with E-state index in [9.17, 15) is 19.1 Å². The number of anilines is 1. The van der Waals surface area contributed by atoms with Crippen LogP contribution in [0.5, 0.6) is 11.5 Å². The summed E-state index contributed by atoms with van der Waals surface area (Å²) in [7, 11) is 0. The molecule has 4 aromatic rings. The Morgan fingerprint density at radius 3 is 2.65 bits per heavy atom. The summed E-state index contributed by atoms with van der Waals surface area (Å²) in [6.45, 7) is 0.749. The summed E-state index contributed by atoms with van der Waals surface area (Å²) in [5.74, 6) is -1.21. The van der Waals surface area contributed by atoms with Crippen LogP contribution in [-0.2, 0) is 15.3 Å². The van der Waals surface area contributed by atoms with Crippen molar-refractivity contribution in [2.24, 2.45) is 0 Å². The van der Waals surface area contributed by atoms with Gasteiger partial charge < -0.3 is 14.6 Å². The number of ketones is 1. The van der Waals surface area contributed by atoms with E-state index in [-0.39, 0.29) is 27.8 Å². The van der Waals surface area contributed by atoms with Gasteiger partial charge in [-0.1, -0.05) is 65.0 Å². The van der Waals surface area contributed by atoms with E-state index >= 15 is 0 Å². The van der Waals surface area contributed by atoms with Crippen LogP contribution in [0.2, 0.25) is 5.02 Å². The summed E-state index contributed by atoms with van der Waals surface area (Å²) in [5.41, 5.74) is 1.16. The van der Waals surface area contributed by atoms with Crippen molar-refractivity contribution in [1.82, 2.24) is 10.2 Å². The van der Waals surface area contributed by atoms with Crippen molar-refractivity contribution in [2.45, 2.75) is 16.1 Å². The highest BCUT2D eigenvalue weighted by Crippen LogP contribution is 2.45. The number of halogens is 2. The molecule has 0 aliphatic carbocycles. The molecule has 8 nitrogen and oxygen atoms in total. The molecule has 1 fully saturated rings. The normalized spacial score (nSPS) is 17.9. The molecule has 0 unspecified atom stereocenters. The molecule has 202 valence electrons. The molecule has 2 aliphatic heterocycles. The van der Waals surface area contributed by atoms with Gasteiger partial charge in [0.05, 0.1) is 11.6 Å². The number of nitrogens with zero attached hydrogens (tertiary/aromatic N) is 3. The average Bonchev–Trinajstić information content (AvgIpc) is 3.54. The molecule has 1 amide bonds. The Labute approximate surface area is 241 Å². The second-order valence-electron chi connectivity index (χ2n) is 8.81. The maximum absolute atomic E-state index is 14.1. The van der Waals surface area contributed by atoms with Gasteiger partial charge in [-0.2, -0.15) is 0 Å². The van der Waals surface area contributed by atoms with Crippen LogP contribution in [0.1, 0.15) is 22.7 Å². The number of carbonyl (C=O) groups is 2. The van der Waals surface area contributed by atoms with E-state index in [4.69, 9.17) is 21.1 Å². The molecule has 6 rings (SSSR count). The number of hydrogen-bond acceptors (Lipinski definition) is 9. The Hall–Kier alpha value is -3.93. The lowest BCUT2D eigenvalue weighted by molar-refractivity contribution is -0.132. The van der Waals surface area contributed by atoms with Gasteiger partial charge in [-0.05, 0) is 47.5 Å². The largest absolute Gasteiger partial charge is 0.507 e. The minimum atomic E-state index is -1.02. The van der Waals surface area contributed by atoms with Crippen molar-refractivity contribution in [2.75, 3.05) is 18.1 Å². The van der Waals surface area contributed by atoms with Crippen molar-refractivity contribution in [1.29, 1.82) is 0 Å². The van der Waals surface area contributed by atoms with Gasteiger partial charge in [0.1, 0.15) is 24.8 Å². The molecule has 0 saturated carbocycles. The zero-order chi connectivity index (χ0) is 27.8. The molecule has 1 atom stereocenters. The predicted molar refractivity (Wildman–Crippen MR) is 150 cm³/mol. The predicted octanol–water partition coefficient (Wildman–Crippen LogP) is 6.02. The van der Waals surface area contributed by atoms with E-state index in [0.717, 1.165) is 11.3 Å². The molecule has 3 heterocycles. The topological polar surface area (TPSA) is 102 Å². The highest BCUT2D eigenvalue weighted by molar-refractivity contribution is 8.00. The molecule has 40 heavy (non-hydrogen) atoms. The number of thioether (sulfide) groups is 1. The number of aliphatic hydroxyl groups excluding tert-OH is 1. The van der Waals surface area contributed by atoms with Crippen LogP contribution in [0, 0.1) is 5.82 Å². The number of amides is 1. The number of Topliss-reactive ketones (excluding diaryl/α,β-unsaturated/α-hetero) is 1. The Kier molecular flexibility index (Phi) is 7.18. The fourth-order valence-corrected chi connectivity index (χ4v) is 6.53. The van der Waals surface area contributed by atoms with Gasteiger partial charge in [0.2, 0.25) is 5.13 Å². The number of rotatable bonds is 6. The van der Waals surface area contributed by atoms with E-state index in [1.54, 1.807) is 60.7 Å². The minimum absolute atomic E-state index is 0.125. The molecular weight excluding hydrogens is 577 g/mol. The molecule has 12 heteroatoms. The third-order valence-corrected chi connectivity index (χ3v) is 8.68. The molecule has 0 radical (unpaired) electrons. The molecule has 1 saturated heterocycles. The monoisotopic (exact) mass is 595 g/mol. The third-order valence-electron chi connectivity index (χ3n) is 6.34. The number of carbonyl (C=O) groups excluding carboxylic acids is 2. The van der Waals surface area contributed by atoms with Crippen LogP contribution in [0.15, 0.2) is 76.6 Å². The maximum atomic E-state index is 14.1. The first-order chi connectivity index (χ1) is 19.4. The molecular formula is C28H19ClFN3O5S2. The standard InChI is InChI=1S/C28H19ClFN3O5S2/c29-18-6-3-5-15(12-18)23-22(24(34)16-8-9-20-21(13-16)38-11-10-37-20)25(35)26(36)33(23)27-31-32-28(40-27)39-14-17-4-1-2-7-19(17)30/h1-9,12-13,23,34H,10-11,14H2/t23-/m0/s1. The Balaban J connectivity index is 1.39. The minimum Gasteiger partial charge on any atom is -0.507 e. The van der Waals surface area contributed by atoms with E-state index in [2.05, 4.69) is 10.2 Å². The number of aromatic nitrogens is 2. The summed E-state index contributed by atoms with van der Waals surface area (Å²) in [6.07, 6.45) is 0. The van der Waals surface area contributed by atoms with Gasteiger partial charge in [0, 0.05) is 16.3 Å². The van der Waals surface area contributed by atoms with Gasteiger partial charge in [-0.3, -0.25) is 14.5 Å². The summed E-state index contributed by atoms with van der Waals surface area (Å²) in [6, 6.07) is 16.9. The van der Waals surface area contributed by atoms with Crippen LogP contribution in [0.3, 0.4) is 0 Å². The molecule has 1 N–H and O–H groups in total. The van der Waals surface area contributed by atoms with E-state index in [1.165, 1.54) is 22.7 Å². The third kappa shape index (κ3) is 4.91. The first-order valence-electron chi connectivity index (χ1n) is 12.1. The number of aliphatic hydroxyl groups is 1. The number of hydrogen-bond donors (Lipinski definition) is 1. The van der Waals surface area contributed by atoms with Crippen molar-refractivity contribution in [3.63, 3.8) is 0 Å². The van der Waals surface area contributed by atoms with Crippen LogP contribution in [-0.4, -0.2) is 40.2 Å². The summed E-state index contributed by atoms with van der Waals surface area (Å²) in [4.78, 5) is 28.1.